The molecule has 0 unspecified atom stereocenters. The number of hydrogen-bond donors (Lipinski definition) is 6. The summed E-state index contributed by atoms with van der Waals surface area (Å²) in [6, 6.07) is 5.14. The number of hydrogen-bond acceptors (Lipinski definition) is 6. The van der Waals surface area contributed by atoms with E-state index in [1.807, 2.05) is 11.6 Å². The molecule has 1 aliphatic heterocycles. The van der Waals surface area contributed by atoms with E-state index in [1.165, 1.54) is 12.3 Å². The van der Waals surface area contributed by atoms with Crippen molar-refractivity contribution in [3.8, 4) is 5.75 Å². The number of thioether (sulfide) groups is 1. The molecular weight excluding hydrogens is 384 g/mol. The summed E-state index contributed by atoms with van der Waals surface area (Å²) < 4.78 is 2.04. The Kier molecular flexibility index (Phi) is 6.80. The summed E-state index contributed by atoms with van der Waals surface area (Å²) in [6.45, 7) is 8.77. The minimum Gasteiger partial charge on any atom is -0.507 e. The molecule has 0 spiro atoms. The average molecular weight is 418 g/mol. The van der Waals surface area contributed by atoms with Gasteiger partial charge in [0, 0.05) is 59.2 Å². The third kappa shape index (κ3) is 5.61. The number of aromatic hydroxyl groups is 1. The molecule has 8 N–H and O–H groups in total. The van der Waals surface area contributed by atoms with E-state index in [4.69, 9.17) is 22.3 Å². The second kappa shape index (κ2) is 8.59. The fourth-order valence-corrected chi connectivity index (χ4v) is 4.87. The molecule has 1 aromatic rings. The fraction of sp³-hybridized carbons (Fsp3) is 0.476. The number of benzene rings is 1. The van der Waals surface area contributed by atoms with Crippen LogP contribution in [-0.4, -0.2) is 50.3 Å². The predicted octanol–water partition coefficient (Wildman–Crippen LogP) is 2.67. The van der Waals surface area contributed by atoms with Crippen molar-refractivity contribution in [2.45, 2.75) is 57.7 Å². The summed E-state index contributed by atoms with van der Waals surface area (Å²) in [5, 5.41) is 30.5. The molecule has 1 aliphatic rings. The zero-order valence-corrected chi connectivity index (χ0v) is 18.7. The molecule has 0 atom stereocenters. The van der Waals surface area contributed by atoms with Gasteiger partial charge in [-0.15, -0.1) is 0 Å². The van der Waals surface area contributed by atoms with Gasteiger partial charge in [0.2, 0.25) is 0 Å². The van der Waals surface area contributed by atoms with Gasteiger partial charge >= 0.3 is 5.17 Å². The summed E-state index contributed by atoms with van der Waals surface area (Å²) in [7, 11) is 1.96. The van der Waals surface area contributed by atoms with Gasteiger partial charge in [0.1, 0.15) is 10.8 Å². The van der Waals surface area contributed by atoms with E-state index < -0.39 is 0 Å². The molecule has 7 nitrogen and oxygen atoms in total. The molecule has 0 amide bonds. The smallest absolute Gasteiger partial charge is 0.310 e. The lowest BCUT2D eigenvalue weighted by molar-refractivity contribution is -0.544. The Labute approximate surface area is 177 Å². The number of nitrogens with two attached hydrogens (primary N) is 2. The molecule has 0 bridgehead atoms. The van der Waals surface area contributed by atoms with Crippen molar-refractivity contribution in [3.63, 3.8) is 0 Å². The quantitative estimate of drug-likeness (QED) is 0.254. The van der Waals surface area contributed by atoms with Crippen LogP contribution in [0.5, 0.6) is 5.75 Å². The van der Waals surface area contributed by atoms with Gasteiger partial charge in [-0.1, -0.05) is 6.07 Å². The molecule has 1 saturated heterocycles. The summed E-state index contributed by atoms with van der Waals surface area (Å²) >= 11 is 1.13. The lowest BCUT2D eigenvalue weighted by Crippen LogP contribution is -2.61. The van der Waals surface area contributed by atoms with Crippen molar-refractivity contribution in [3.05, 3.63) is 35.5 Å². The van der Waals surface area contributed by atoms with Crippen LogP contribution in [0.25, 0.3) is 5.57 Å². The van der Waals surface area contributed by atoms with E-state index in [0.717, 1.165) is 30.8 Å². The van der Waals surface area contributed by atoms with Crippen molar-refractivity contribution < 1.29 is 9.68 Å². The van der Waals surface area contributed by atoms with Crippen molar-refractivity contribution in [1.82, 2.24) is 5.32 Å². The van der Waals surface area contributed by atoms with E-state index in [9.17, 15) is 5.11 Å². The maximum atomic E-state index is 10.4. The van der Waals surface area contributed by atoms with Crippen LogP contribution < -0.4 is 16.8 Å². The lowest BCUT2D eigenvalue weighted by atomic mass is 9.79. The maximum Gasteiger partial charge on any atom is 0.310 e. The zero-order chi connectivity index (χ0) is 22.0. The van der Waals surface area contributed by atoms with Crippen molar-refractivity contribution in [2.75, 3.05) is 7.05 Å². The monoisotopic (exact) mass is 417 g/mol. The molecule has 0 aliphatic carbocycles. The first-order valence-corrected chi connectivity index (χ1v) is 10.4. The second-order valence-electron chi connectivity index (χ2n) is 8.83. The van der Waals surface area contributed by atoms with Crippen LogP contribution in [0.15, 0.2) is 24.4 Å². The van der Waals surface area contributed by atoms with Gasteiger partial charge in [-0.2, -0.15) is 0 Å². The van der Waals surface area contributed by atoms with Crippen LogP contribution in [0, 0.1) is 10.8 Å². The molecule has 8 heteroatoms. The zero-order valence-electron chi connectivity index (χ0n) is 17.8. The number of allylic oxidation sites excluding steroid dienone is 1. The van der Waals surface area contributed by atoms with Crippen LogP contribution in [-0.2, 0) is 0 Å². The van der Waals surface area contributed by atoms with Crippen LogP contribution in [0.4, 0.5) is 0 Å². The minimum absolute atomic E-state index is 0.00366. The number of rotatable bonds is 4. The summed E-state index contributed by atoms with van der Waals surface area (Å²) in [5.74, 6) is -0.0409. The van der Waals surface area contributed by atoms with Gasteiger partial charge in [-0.3, -0.25) is 15.7 Å². The van der Waals surface area contributed by atoms with Crippen molar-refractivity contribution in [1.29, 1.82) is 10.8 Å². The van der Waals surface area contributed by atoms with Crippen LogP contribution in [0.2, 0.25) is 0 Å². The molecule has 2 rings (SSSR count). The highest BCUT2D eigenvalue weighted by molar-refractivity contribution is 8.26. The maximum absolute atomic E-state index is 10.4. The number of amidine groups is 1. The Morgan fingerprint density at radius 2 is 1.86 bits per heavy atom. The Morgan fingerprint density at radius 1 is 1.28 bits per heavy atom. The predicted molar refractivity (Wildman–Crippen MR) is 123 cm³/mol. The first-order chi connectivity index (χ1) is 13.4. The minimum atomic E-state index is -0.0409. The third-order valence-electron chi connectivity index (χ3n) is 5.18. The van der Waals surface area contributed by atoms with Gasteiger partial charge < -0.3 is 21.6 Å². The highest BCUT2D eigenvalue weighted by atomic mass is 32.2. The van der Waals surface area contributed by atoms with E-state index in [2.05, 4.69) is 33.0 Å². The SMILES string of the molecule is C[N+](=C(N)SC(=N)c1ccc(C(C=N)=CN)cc1O)C1CC(C)(C)NC(C)(C)C1. The number of nitrogens with one attached hydrogen (secondary N) is 3. The number of nitrogens with zero attached hydrogens (tertiary/aromatic N) is 1. The number of piperidine rings is 1. The summed E-state index contributed by atoms with van der Waals surface area (Å²) in [5.41, 5.74) is 13.3. The molecular formula is C21H33N6OS+. The highest BCUT2D eigenvalue weighted by Gasteiger charge is 2.40. The van der Waals surface area contributed by atoms with Gasteiger partial charge in [0.15, 0.2) is 0 Å². The fourth-order valence-electron chi connectivity index (χ4n) is 4.08. The molecule has 1 fully saturated rings. The van der Waals surface area contributed by atoms with Gasteiger partial charge in [0.05, 0.1) is 13.1 Å². The molecule has 1 aromatic carbocycles. The first-order valence-electron chi connectivity index (χ1n) is 9.56. The summed E-state index contributed by atoms with van der Waals surface area (Å²) in [4.78, 5) is 0. The van der Waals surface area contributed by atoms with E-state index in [-0.39, 0.29) is 27.9 Å². The standard InChI is InChI=1S/C21H32N6OS/c1-20(2)9-15(10-21(3,4)26-20)27(5)19(25)29-18(24)16-7-6-13(8-17(16)28)14(11-22)12-23/h6-8,11-12,15,25-26H,9-10H2,1-5H3,(H5,22,23,24,28)/p+1. The molecule has 1 heterocycles. The Bertz CT molecular complexity index is 856. The van der Waals surface area contributed by atoms with Crippen molar-refractivity contribution >= 4 is 33.8 Å². The topological polar surface area (TPSA) is 135 Å². The molecule has 0 radical (unpaired) electrons. The average Bonchev–Trinajstić information content (AvgIpc) is 2.59. The van der Waals surface area contributed by atoms with E-state index >= 15 is 0 Å². The van der Waals surface area contributed by atoms with Gasteiger partial charge in [-0.05, 0) is 45.4 Å². The van der Waals surface area contributed by atoms with Crippen LogP contribution >= 0.6 is 11.8 Å². The first kappa shape index (κ1) is 23.0. The number of phenols is 1. The third-order valence-corrected chi connectivity index (χ3v) is 6.10. The van der Waals surface area contributed by atoms with Gasteiger partial charge in [0.25, 0.3) is 0 Å². The van der Waals surface area contributed by atoms with Crippen LogP contribution in [0.1, 0.15) is 51.7 Å². The van der Waals surface area contributed by atoms with Crippen LogP contribution in [0.3, 0.4) is 0 Å². The lowest BCUT2D eigenvalue weighted by Gasteiger charge is -2.45. The Morgan fingerprint density at radius 3 is 2.34 bits per heavy atom. The summed E-state index contributed by atoms with van der Waals surface area (Å²) in [6.07, 6.45) is 4.32. The highest BCUT2D eigenvalue weighted by Crippen LogP contribution is 2.31. The molecule has 0 aromatic heterocycles. The van der Waals surface area contributed by atoms with E-state index in [0.29, 0.717) is 21.9 Å². The molecule has 0 saturated carbocycles. The van der Waals surface area contributed by atoms with E-state index in [1.54, 1.807) is 12.1 Å². The van der Waals surface area contributed by atoms with Crippen molar-refractivity contribution in [2.24, 2.45) is 11.5 Å². The normalized spacial score (nSPS) is 20.1. The number of phenolic OH excluding ortho intramolecular Hbond substituents is 1. The largest absolute Gasteiger partial charge is 0.507 e. The van der Waals surface area contributed by atoms with Gasteiger partial charge in [-0.25, -0.2) is 0 Å². The molecule has 29 heavy (non-hydrogen) atoms. The second-order valence-corrected chi connectivity index (χ2v) is 9.86. The Hall–Kier alpha value is -2.32. The Balaban J connectivity index is 2.22. The molecule has 158 valence electrons.